The number of aldehydes is 1. The molecular formula is C10H11NO3. The van der Waals surface area contributed by atoms with Crippen molar-refractivity contribution < 1.29 is 14.3 Å². The van der Waals surface area contributed by atoms with Crippen molar-refractivity contribution in [1.82, 2.24) is 4.98 Å². The second kappa shape index (κ2) is 5.11. The zero-order valence-corrected chi connectivity index (χ0v) is 7.90. The average Bonchev–Trinajstić information content (AvgIpc) is 2.19. The molecule has 0 saturated carbocycles. The second-order valence-electron chi connectivity index (χ2n) is 2.64. The molecule has 0 aliphatic carbocycles. The van der Waals surface area contributed by atoms with Gasteiger partial charge in [0.05, 0.1) is 19.2 Å². The lowest BCUT2D eigenvalue weighted by atomic mass is 10.1. The maximum atomic E-state index is 11.3. The van der Waals surface area contributed by atoms with Crippen molar-refractivity contribution in [3.63, 3.8) is 0 Å². The number of carbonyl (C=O) groups excluding carboxylic acids is 2. The van der Waals surface area contributed by atoms with Crippen LogP contribution in [0.5, 0.6) is 5.75 Å². The Bertz CT molecular complexity index is 336. The van der Waals surface area contributed by atoms with Crippen molar-refractivity contribution in [2.45, 2.75) is 13.3 Å². The Morgan fingerprint density at radius 1 is 1.57 bits per heavy atom. The van der Waals surface area contributed by atoms with Gasteiger partial charge in [-0.25, -0.2) is 0 Å². The van der Waals surface area contributed by atoms with Crippen molar-refractivity contribution in [3.8, 4) is 5.75 Å². The van der Waals surface area contributed by atoms with E-state index >= 15 is 0 Å². The first-order chi connectivity index (χ1) is 6.77. The fourth-order valence-electron chi connectivity index (χ4n) is 1.01. The number of ether oxygens (including phenoxy) is 1. The number of ketones is 1. The number of aromatic nitrogens is 1. The molecular weight excluding hydrogens is 182 g/mol. The van der Waals surface area contributed by atoms with Crippen LogP contribution in [0.25, 0.3) is 0 Å². The first kappa shape index (κ1) is 10.4. The van der Waals surface area contributed by atoms with Gasteiger partial charge in [0, 0.05) is 11.8 Å². The van der Waals surface area contributed by atoms with E-state index in [-0.39, 0.29) is 12.2 Å². The van der Waals surface area contributed by atoms with Crippen LogP contribution in [0, 0.1) is 0 Å². The molecule has 1 aromatic heterocycles. The summed E-state index contributed by atoms with van der Waals surface area (Å²) in [6.45, 7) is 2.37. The number of hydrogen-bond donors (Lipinski definition) is 0. The van der Waals surface area contributed by atoms with Crippen molar-refractivity contribution in [3.05, 3.63) is 24.0 Å². The van der Waals surface area contributed by atoms with E-state index in [4.69, 9.17) is 4.74 Å². The minimum Gasteiger partial charge on any atom is -0.492 e. The Hall–Kier alpha value is -1.71. The highest BCUT2D eigenvalue weighted by Gasteiger charge is 2.06. The average molecular weight is 193 g/mol. The van der Waals surface area contributed by atoms with Gasteiger partial charge in [-0.1, -0.05) is 0 Å². The predicted molar refractivity (Wildman–Crippen MR) is 50.4 cm³/mol. The van der Waals surface area contributed by atoms with Crippen LogP contribution in [0.2, 0.25) is 0 Å². The fourth-order valence-corrected chi connectivity index (χ4v) is 1.01. The van der Waals surface area contributed by atoms with Gasteiger partial charge >= 0.3 is 0 Å². The Balaban J connectivity index is 2.82. The van der Waals surface area contributed by atoms with Gasteiger partial charge in [0.2, 0.25) is 0 Å². The van der Waals surface area contributed by atoms with Crippen LogP contribution in [0.15, 0.2) is 18.5 Å². The monoisotopic (exact) mass is 193 g/mol. The van der Waals surface area contributed by atoms with Gasteiger partial charge in [-0.15, -0.1) is 0 Å². The second-order valence-corrected chi connectivity index (χ2v) is 2.64. The topological polar surface area (TPSA) is 56.3 Å². The number of rotatable bonds is 5. The van der Waals surface area contributed by atoms with E-state index in [1.54, 1.807) is 6.07 Å². The summed E-state index contributed by atoms with van der Waals surface area (Å²) in [5.41, 5.74) is 0.406. The number of hydrogen-bond acceptors (Lipinski definition) is 4. The Morgan fingerprint density at radius 3 is 3.00 bits per heavy atom. The third-order valence-corrected chi connectivity index (χ3v) is 1.61. The highest BCUT2D eigenvalue weighted by Crippen LogP contribution is 2.12. The predicted octanol–water partition coefficient (Wildman–Crippen LogP) is 1.25. The molecule has 0 aromatic carbocycles. The molecule has 0 unspecified atom stereocenters. The maximum Gasteiger partial charge on any atom is 0.171 e. The molecule has 4 nitrogen and oxygen atoms in total. The third-order valence-electron chi connectivity index (χ3n) is 1.61. The molecule has 0 aliphatic heterocycles. The lowest BCUT2D eigenvalue weighted by Crippen LogP contribution is -2.01. The van der Waals surface area contributed by atoms with Crippen LogP contribution in [-0.4, -0.2) is 23.7 Å². The molecule has 4 heteroatoms. The molecule has 0 atom stereocenters. The normalized spacial score (nSPS) is 9.50. The molecule has 74 valence electrons. The summed E-state index contributed by atoms with van der Waals surface area (Å²) < 4.78 is 5.17. The van der Waals surface area contributed by atoms with Crippen LogP contribution >= 0.6 is 0 Å². The Labute approximate surface area is 81.9 Å². The van der Waals surface area contributed by atoms with E-state index in [1.807, 2.05) is 6.92 Å². The molecule has 1 rings (SSSR count). The van der Waals surface area contributed by atoms with E-state index in [9.17, 15) is 9.59 Å². The Kier molecular flexibility index (Phi) is 3.79. The highest BCUT2D eigenvalue weighted by molar-refractivity contribution is 6.02. The molecule has 0 spiro atoms. The zero-order valence-electron chi connectivity index (χ0n) is 7.90. The molecule has 1 heterocycles. The van der Waals surface area contributed by atoms with Gasteiger partial charge in [0.25, 0.3) is 0 Å². The van der Waals surface area contributed by atoms with E-state index in [1.165, 1.54) is 12.4 Å². The lowest BCUT2D eigenvalue weighted by Gasteiger charge is -2.03. The first-order valence-electron chi connectivity index (χ1n) is 4.32. The van der Waals surface area contributed by atoms with E-state index < -0.39 is 0 Å². The quantitative estimate of drug-likeness (QED) is 0.401. The van der Waals surface area contributed by atoms with Gasteiger partial charge in [0.15, 0.2) is 5.78 Å². The molecule has 0 fully saturated rings. The van der Waals surface area contributed by atoms with Crippen molar-refractivity contribution >= 4 is 12.1 Å². The van der Waals surface area contributed by atoms with Crippen molar-refractivity contribution in [1.29, 1.82) is 0 Å². The molecule has 14 heavy (non-hydrogen) atoms. The summed E-state index contributed by atoms with van der Waals surface area (Å²) in [5, 5.41) is 0. The summed E-state index contributed by atoms with van der Waals surface area (Å²) in [4.78, 5) is 25.2. The molecule has 1 aromatic rings. The van der Waals surface area contributed by atoms with E-state index in [0.29, 0.717) is 24.2 Å². The lowest BCUT2D eigenvalue weighted by molar-refractivity contribution is -0.107. The molecule has 0 saturated heterocycles. The van der Waals surface area contributed by atoms with Crippen LogP contribution in [0.3, 0.4) is 0 Å². The fraction of sp³-hybridized carbons (Fsp3) is 0.300. The highest BCUT2D eigenvalue weighted by atomic mass is 16.5. The summed E-state index contributed by atoms with van der Waals surface area (Å²) in [6.07, 6.45) is 3.42. The van der Waals surface area contributed by atoms with Crippen LogP contribution < -0.4 is 4.74 Å². The first-order valence-corrected chi connectivity index (χ1v) is 4.32. The van der Waals surface area contributed by atoms with Crippen LogP contribution in [0.1, 0.15) is 23.7 Å². The minimum absolute atomic E-state index is 0.114. The van der Waals surface area contributed by atoms with Gasteiger partial charge < -0.3 is 9.53 Å². The maximum absolute atomic E-state index is 11.3. The number of Topliss-reactive ketones (excluding diaryl/α,β-unsaturated/α-hetero) is 1. The van der Waals surface area contributed by atoms with Gasteiger partial charge in [0.1, 0.15) is 12.0 Å². The zero-order chi connectivity index (χ0) is 10.4. The van der Waals surface area contributed by atoms with E-state index in [2.05, 4.69) is 4.98 Å². The van der Waals surface area contributed by atoms with Crippen LogP contribution in [0.4, 0.5) is 0 Å². The van der Waals surface area contributed by atoms with Crippen molar-refractivity contribution in [2.75, 3.05) is 6.61 Å². The van der Waals surface area contributed by atoms with Gasteiger partial charge in [-0.3, -0.25) is 9.78 Å². The van der Waals surface area contributed by atoms with Crippen molar-refractivity contribution in [2.24, 2.45) is 0 Å². The third kappa shape index (κ3) is 2.65. The minimum atomic E-state index is -0.242. The summed E-state index contributed by atoms with van der Waals surface area (Å²) in [7, 11) is 0. The molecule has 0 amide bonds. The smallest absolute Gasteiger partial charge is 0.171 e. The SMILES string of the molecule is CCOc1cncc(C(=O)CC=O)c1. The molecule has 0 aliphatic rings. The number of pyridine rings is 1. The number of carbonyl (C=O) groups is 2. The summed E-state index contributed by atoms with van der Waals surface area (Å²) >= 11 is 0. The summed E-state index contributed by atoms with van der Waals surface area (Å²) in [5.74, 6) is 0.304. The standard InChI is InChI=1S/C10H11NO3/c1-2-14-9-5-8(6-11-7-9)10(13)3-4-12/h4-7H,2-3H2,1H3. The van der Waals surface area contributed by atoms with E-state index in [0.717, 1.165) is 0 Å². The molecule has 0 bridgehead atoms. The largest absolute Gasteiger partial charge is 0.492 e. The van der Waals surface area contributed by atoms with Gasteiger partial charge in [-0.05, 0) is 13.0 Å². The Morgan fingerprint density at radius 2 is 2.36 bits per heavy atom. The molecule has 0 radical (unpaired) electrons. The molecule has 0 N–H and O–H groups in total. The summed E-state index contributed by atoms with van der Waals surface area (Å²) in [6, 6.07) is 1.59. The van der Waals surface area contributed by atoms with Crippen LogP contribution in [-0.2, 0) is 4.79 Å². The van der Waals surface area contributed by atoms with Gasteiger partial charge in [-0.2, -0.15) is 0 Å². The number of nitrogens with zero attached hydrogens (tertiary/aromatic N) is 1.